The van der Waals surface area contributed by atoms with Crippen molar-refractivity contribution in [1.29, 1.82) is 0 Å². The number of rotatable bonds is 22. The second-order valence-electron chi connectivity index (χ2n) is 8.90. The van der Waals surface area contributed by atoms with Crippen molar-refractivity contribution in [3.05, 3.63) is 0 Å². The normalized spacial score (nSPS) is 12.1. The summed E-state index contributed by atoms with van der Waals surface area (Å²) in [4.78, 5) is 23.5. The molecule has 0 saturated heterocycles. The monoisotopic (exact) mass is 426 g/mol. The lowest BCUT2D eigenvalue weighted by molar-refractivity contribution is -0.159. The molecule has 0 amide bonds. The molecule has 0 bridgehead atoms. The largest absolute Gasteiger partial charge is 0.396 e. The lowest BCUT2D eigenvalue weighted by Gasteiger charge is -2.15. The quantitative estimate of drug-likeness (QED) is 0.110. The number of carbonyl (C=O) groups excluding carboxylic acids is 2. The number of unbranched alkanes of at least 4 members (excludes halogenated alkanes) is 12. The van der Waals surface area contributed by atoms with Crippen LogP contribution in [-0.2, 0) is 14.3 Å². The van der Waals surface area contributed by atoms with Gasteiger partial charge in [-0.25, -0.2) is 0 Å². The predicted molar refractivity (Wildman–Crippen MR) is 125 cm³/mol. The summed E-state index contributed by atoms with van der Waals surface area (Å²) >= 11 is 0. The SMILES string of the molecule is CCCCCCCCCC(=O)OC(=O)CCCCCCCC(CCO)CCCCC. The van der Waals surface area contributed by atoms with Crippen LogP contribution >= 0.6 is 0 Å². The zero-order valence-corrected chi connectivity index (χ0v) is 20.1. The summed E-state index contributed by atoms with van der Waals surface area (Å²) in [6.45, 7) is 4.73. The molecule has 30 heavy (non-hydrogen) atoms. The van der Waals surface area contributed by atoms with Crippen LogP contribution in [-0.4, -0.2) is 23.7 Å². The fraction of sp³-hybridized carbons (Fsp3) is 0.923. The minimum atomic E-state index is -0.359. The molecule has 0 aromatic carbocycles. The highest BCUT2D eigenvalue weighted by Gasteiger charge is 2.10. The predicted octanol–water partition coefficient (Wildman–Crippen LogP) is 7.51. The average Bonchev–Trinajstić information content (AvgIpc) is 2.72. The summed E-state index contributed by atoms with van der Waals surface area (Å²) in [5.74, 6) is -0.0488. The van der Waals surface area contributed by atoms with Gasteiger partial charge in [0.05, 0.1) is 0 Å². The van der Waals surface area contributed by atoms with E-state index in [4.69, 9.17) is 4.74 Å². The van der Waals surface area contributed by atoms with E-state index < -0.39 is 0 Å². The van der Waals surface area contributed by atoms with E-state index in [0.717, 1.165) is 38.5 Å². The molecule has 0 aliphatic heterocycles. The first-order valence-electron chi connectivity index (χ1n) is 13.0. The number of ether oxygens (including phenoxy) is 1. The Morgan fingerprint density at radius 3 is 1.50 bits per heavy atom. The zero-order valence-electron chi connectivity index (χ0n) is 20.1. The van der Waals surface area contributed by atoms with Crippen LogP contribution in [0.3, 0.4) is 0 Å². The third-order valence-corrected chi connectivity index (χ3v) is 5.96. The van der Waals surface area contributed by atoms with E-state index >= 15 is 0 Å². The molecule has 0 aliphatic carbocycles. The van der Waals surface area contributed by atoms with E-state index in [1.807, 2.05) is 0 Å². The van der Waals surface area contributed by atoms with Gasteiger partial charge < -0.3 is 9.84 Å². The molecule has 1 unspecified atom stereocenters. The van der Waals surface area contributed by atoms with E-state index in [1.54, 1.807) is 0 Å². The topological polar surface area (TPSA) is 63.6 Å². The molecule has 0 aromatic rings. The summed E-state index contributed by atoms with van der Waals surface area (Å²) < 4.78 is 4.93. The third kappa shape index (κ3) is 20.4. The molecule has 4 nitrogen and oxygen atoms in total. The van der Waals surface area contributed by atoms with Crippen molar-refractivity contribution in [3.8, 4) is 0 Å². The zero-order chi connectivity index (χ0) is 22.3. The molecule has 0 aromatic heterocycles. The van der Waals surface area contributed by atoms with Crippen LogP contribution in [0.1, 0.15) is 142 Å². The van der Waals surface area contributed by atoms with Gasteiger partial charge in [-0.3, -0.25) is 9.59 Å². The molecule has 178 valence electrons. The minimum Gasteiger partial charge on any atom is -0.396 e. The first kappa shape index (κ1) is 29.1. The van der Waals surface area contributed by atoms with Crippen molar-refractivity contribution in [2.45, 2.75) is 142 Å². The molecule has 0 heterocycles. The van der Waals surface area contributed by atoms with Crippen molar-refractivity contribution in [3.63, 3.8) is 0 Å². The summed E-state index contributed by atoms with van der Waals surface area (Å²) in [5, 5.41) is 9.21. The Morgan fingerprint density at radius 1 is 0.600 bits per heavy atom. The standard InChI is InChI=1S/C26H50O4/c1-3-5-7-8-9-12-16-20-25(28)30-26(29)21-17-13-10-11-15-19-24(22-23-27)18-14-6-4-2/h24,27H,3-23H2,1-2H3. The van der Waals surface area contributed by atoms with E-state index in [-0.39, 0.29) is 11.9 Å². The Balaban J connectivity index is 3.55. The molecule has 0 radical (unpaired) electrons. The second-order valence-corrected chi connectivity index (χ2v) is 8.90. The van der Waals surface area contributed by atoms with Gasteiger partial charge in [0.25, 0.3) is 0 Å². The highest BCUT2D eigenvalue weighted by Crippen LogP contribution is 2.21. The maximum atomic E-state index is 11.8. The highest BCUT2D eigenvalue weighted by molar-refractivity contribution is 5.85. The number of hydrogen-bond acceptors (Lipinski definition) is 4. The molecule has 0 fully saturated rings. The molecule has 0 saturated carbocycles. The van der Waals surface area contributed by atoms with Crippen LogP contribution in [0.5, 0.6) is 0 Å². The molecule has 0 aliphatic rings. The maximum Gasteiger partial charge on any atom is 0.313 e. The summed E-state index contributed by atoms with van der Waals surface area (Å²) in [7, 11) is 0. The second kappa shape index (κ2) is 22.8. The lowest BCUT2D eigenvalue weighted by Crippen LogP contribution is -2.11. The Morgan fingerprint density at radius 2 is 1.00 bits per heavy atom. The van der Waals surface area contributed by atoms with Gasteiger partial charge in [-0.05, 0) is 25.2 Å². The van der Waals surface area contributed by atoms with Gasteiger partial charge in [0.2, 0.25) is 0 Å². The van der Waals surface area contributed by atoms with Gasteiger partial charge in [0.15, 0.2) is 0 Å². The Kier molecular flexibility index (Phi) is 22.1. The van der Waals surface area contributed by atoms with Gasteiger partial charge in [-0.2, -0.15) is 0 Å². The van der Waals surface area contributed by atoms with Gasteiger partial charge in [0.1, 0.15) is 0 Å². The van der Waals surface area contributed by atoms with Crippen LogP contribution in [0.4, 0.5) is 0 Å². The molecule has 4 heteroatoms. The van der Waals surface area contributed by atoms with E-state index in [9.17, 15) is 14.7 Å². The molecule has 0 rings (SSSR count). The maximum absolute atomic E-state index is 11.8. The number of hydrogen-bond donors (Lipinski definition) is 1. The van der Waals surface area contributed by atoms with Crippen LogP contribution < -0.4 is 0 Å². The fourth-order valence-corrected chi connectivity index (χ4v) is 3.99. The fourth-order valence-electron chi connectivity index (χ4n) is 3.99. The summed E-state index contributed by atoms with van der Waals surface area (Å²) in [6.07, 6.45) is 21.4. The van der Waals surface area contributed by atoms with Crippen molar-refractivity contribution in [2.24, 2.45) is 5.92 Å². The number of esters is 2. The van der Waals surface area contributed by atoms with Gasteiger partial charge >= 0.3 is 11.9 Å². The Bertz CT molecular complexity index is 394. The minimum absolute atomic E-state index is 0.302. The first-order chi connectivity index (χ1) is 14.6. The Labute approximate surface area is 186 Å². The Hall–Kier alpha value is -0.900. The number of aliphatic hydroxyl groups is 1. The van der Waals surface area contributed by atoms with E-state index in [1.165, 1.54) is 77.0 Å². The van der Waals surface area contributed by atoms with Crippen molar-refractivity contribution in [1.82, 2.24) is 0 Å². The lowest BCUT2D eigenvalue weighted by atomic mass is 9.92. The number of aliphatic hydroxyl groups excluding tert-OH is 1. The average molecular weight is 427 g/mol. The van der Waals surface area contributed by atoms with Gasteiger partial charge in [0, 0.05) is 19.4 Å². The van der Waals surface area contributed by atoms with Crippen molar-refractivity contribution < 1.29 is 19.4 Å². The van der Waals surface area contributed by atoms with E-state index in [2.05, 4.69) is 13.8 Å². The molecule has 1 atom stereocenters. The van der Waals surface area contributed by atoms with E-state index in [0.29, 0.717) is 25.4 Å². The first-order valence-corrected chi connectivity index (χ1v) is 13.0. The molecule has 0 spiro atoms. The number of carbonyl (C=O) groups is 2. The van der Waals surface area contributed by atoms with Crippen LogP contribution in [0.2, 0.25) is 0 Å². The van der Waals surface area contributed by atoms with Crippen molar-refractivity contribution >= 4 is 11.9 Å². The third-order valence-electron chi connectivity index (χ3n) is 5.96. The molecule has 1 N–H and O–H groups in total. The van der Waals surface area contributed by atoms with Crippen LogP contribution in [0, 0.1) is 5.92 Å². The molecular weight excluding hydrogens is 376 g/mol. The summed E-state index contributed by atoms with van der Waals surface area (Å²) in [6, 6.07) is 0. The van der Waals surface area contributed by atoms with Gasteiger partial charge in [-0.15, -0.1) is 0 Å². The van der Waals surface area contributed by atoms with Crippen LogP contribution in [0.15, 0.2) is 0 Å². The molecular formula is C26H50O4. The van der Waals surface area contributed by atoms with Gasteiger partial charge in [-0.1, -0.05) is 110 Å². The van der Waals surface area contributed by atoms with Crippen LogP contribution in [0.25, 0.3) is 0 Å². The smallest absolute Gasteiger partial charge is 0.313 e. The summed E-state index contributed by atoms with van der Waals surface area (Å²) in [5.41, 5.74) is 0. The highest BCUT2D eigenvalue weighted by atomic mass is 16.6. The van der Waals surface area contributed by atoms with Crippen molar-refractivity contribution in [2.75, 3.05) is 6.61 Å².